The van der Waals surface area contributed by atoms with Gasteiger partial charge in [0.2, 0.25) is 5.95 Å². The van der Waals surface area contributed by atoms with Gasteiger partial charge in [-0.2, -0.15) is 15.3 Å². The number of methoxy groups -OCH3 is 1. The van der Waals surface area contributed by atoms with Gasteiger partial charge in [-0.3, -0.25) is 9.25 Å². The van der Waals surface area contributed by atoms with Gasteiger partial charge in [-0.25, -0.2) is 9.97 Å². The maximum atomic E-state index is 9.39. The van der Waals surface area contributed by atoms with Crippen molar-refractivity contribution >= 4 is 11.0 Å². The first-order valence-corrected chi connectivity index (χ1v) is 7.53. The number of rotatable bonds is 4. The van der Waals surface area contributed by atoms with Crippen LogP contribution in [0, 0.1) is 11.3 Å². The first-order chi connectivity index (χ1) is 12.3. The number of imidazole rings is 1. The standard InChI is InChI=1S/C17H13N7O/c1-25-13-4-2-12(3-5-13)9-24-10-15-16(22-24)14(8-18)20-17(21-15)23-7-6-19-11-23/h2-7,10-11H,9H2,1H3. The average Bonchev–Trinajstić information content (AvgIpc) is 3.30. The highest BCUT2D eigenvalue weighted by molar-refractivity contribution is 5.79. The molecule has 0 N–H and O–H groups in total. The molecule has 122 valence electrons. The van der Waals surface area contributed by atoms with Gasteiger partial charge < -0.3 is 4.74 Å². The van der Waals surface area contributed by atoms with Crippen molar-refractivity contribution in [1.29, 1.82) is 5.26 Å². The summed E-state index contributed by atoms with van der Waals surface area (Å²) >= 11 is 0. The molecule has 4 rings (SSSR count). The molecule has 1 aromatic carbocycles. The van der Waals surface area contributed by atoms with Crippen LogP contribution in [0.4, 0.5) is 0 Å². The summed E-state index contributed by atoms with van der Waals surface area (Å²) in [6.45, 7) is 0.561. The van der Waals surface area contributed by atoms with Crippen LogP contribution in [0.15, 0.2) is 49.2 Å². The van der Waals surface area contributed by atoms with Crippen molar-refractivity contribution in [2.75, 3.05) is 7.11 Å². The summed E-state index contributed by atoms with van der Waals surface area (Å²) in [5, 5.41) is 13.8. The minimum absolute atomic E-state index is 0.238. The van der Waals surface area contributed by atoms with E-state index >= 15 is 0 Å². The molecule has 4 aromatic rings. The van der Waals surface area contributed by atoms with Gasteiger partial charge in [0.1, 0.15) is 29.2 Å². The molecule has 8 heteroatoms. The minimum Gasteiger partial charge on any atom is -0.497 e. The molecule has 0 saturated carbocycles. The van der Waals surface area contributed by atoms with Gasteiger partial charge in [-0.15, -0.1) is 0 Å². The third-order valence-corrected chi connectivity index (χ3v) is 3.74. The highest BCUT2D eigenvalue weighted by Gasteiger charge is 2.13. The van der Waals surface area contributed by atoms with E-state index in [-0.39, 0.29) is 5.69 Å². The first kappa shape index (κ1) is 14.8. The van der Waals surface area contributed by atoms with Crippen LogP contribution in [0.5, 0.6) is 5.75 Å². The van der Waals surface area contributed by atoms with E-state index in [2.05, 4.69) is 26.1 Å². The largest absolute Gasteiger partial charge is 0.497 e. The minimum atomic E-state index is 0.238. The maximum Gasteiger partial charge on any atom is 0.236 e. The molecule has 0 aliphatic rings. The molecule has 8 nitrogen and oxygen atoms in total. The summed E-state index contributed by atoms with van der Waals surface area (Å²) in [5.74, 6) is 1.20. The monoisotopic (exact) mass is 331 g/mol. The highest BCUT2D eigenvalue weighted by Crippen LogP contribution is 2.17. The molecule has 0 amide bonds. The lowest BCUT2D eigenvalue weighted by atomic mass is 10.2. The molecule has 0 atom stereocenters. The second-order valence-corrected chi connectivity index (χ2v) is 5.36. The van der Waals surface area contributed by atoms with Gasteiger partial charge >= 0.3 is 0 Å². The second kappa shape index (κ2) is 6.05. The number of hydrogen-bond acceptors (Lipinski definition) is 6. The highest BCUT2D eigenvalue weighted by atomic mass is 16.5. The zero-order chi connectivity index (χ0) is 17.2. The van der Waals surface area contributed by atoms with E-state index in [0.29, 0.717) is 23.5 Å². The predicted molar refractivity (Wildman–Crippen MR) is 89.3 cm³/mol. The molecule has 0 bridgehead atoms. The molecule has 0 saturated heterocycles. The van der Waals surface area contributed by atoms with Crippen molar-refractivity contribution in [2.45, 2.75) is 6.54 Å². The SMILES string of the molecule is COc1ccc(Cn2cc3nc(-n4ccnc4)nc(C#N)c3n2)cc1. The van der Waals surface area contributed by atoms with E-state index in [1.165, 1.54) is 0 Å². The zero-order valence-electron chi connectivity index (χ0n) is 13.4. The third-order valence-electron chi connectivity index (χ3n) is 3.74. The fourth-order valence-electron chi connectivity index (χ4n) is 2.52. The van der Waals surface area contributed by atoms with Crippen LogP contribution in [0.25, 0.3) is 17.0 Å². The fourth-order valence-corrected chi connectivity index (χ4v) is 2.52. The molecule has 0 fully saturated rings. The molecular formula is C17H13N7O. The van der Waals surface area contributed by atoms with Crippen LogP contribution in [0.2, 0.25) is 0 Å². The van der Waals surface area contributed by atoms with E-state index in [9.17, 15) is 5.26 Å². The van der Waals surface area contributed by atoms with Crippen molar-refractivity contribution in [2.24, 2.45) is 0 Å². The van der Waals surface area contributed by atoms with E-state index < -0.39 is 0 Å². The smallest absolute Gasteiger partial charge is 0.236 e. The second-order valence-electron chi connectivity index (χ2n) is 5.36. The molecule has 0 aliphatic heterocycles. The van der Waals surface area contributed by atoms with Crippen molar-refractivity contribution in [3.05, 3.63) is 60.4 Å². The van der Waals surface area contributed by atoms with Gasteiger partial charge in [-0.1, -0.05) is 12.1 Å². The number of ether oxygens (including phenoxy) is 1. The van der Waals surface area contributed by atoms with Gasteiger partial charge in [-0.05, 0) is 17.7 Å². The molecule has 0 radical (unpaired) electrons. The van der Waals surface area contributed by atoms with Crippen LogP contribution in [-0.4, -0.2) is 36.4 Å². The Morgan fingerprint density at radius 2 is 2.04 bits per heavy atom. The van der Waals surface area contributed by atoms with Crippen LogP contribution < -0.4 is 4.74 Å². The number of aromatic nitrogens is 6. The number of nitrogens with zero attached hydrogens (tertiary/aromatic N) is 7. The molecule has 0 spiro atoms. The van der Waals surface area contributed by atoms with Gasteiger partial charge in [0.15, 0.2) is 5.69 Å². The molecule has 25 heavy (non-hydrogen) atoms. The lowest BCUT2D eigenvalue weighted by molar-refractivity contribution is 0.414. The lowest BCUT2D eigenvalue weighted by Gasteiger charge is -2.03. The molecule has 0 aliphatic carbocycles. The van der Waals surface area contributed by atoms with Gasteiger partial charge in [0.05, 0.1) is 19.9 Å². The third kappa shape index (κ3) is 2.79. The van der Waals surface area contributed by atoms with E-state index in [4.69, 9.17) is 4.74 Å². The summed E-state index contributed by atoms with van der Waals surface area (Å²) in [5.41, 5.74) is 2.40. The van der Waals surface area contributed by atoms with Crippen molar-refractivity contribution in [3.63, 3.8) is 0 Å². The summed E-state index contributed by atoms with van der Waals surface area (Å²) in [6, 6.07) is 9.83. The van der Waals surface area contributed by atoms with E-state index in [1.54, 1.807) is 35.1 Å². The normalized spacial score (nSPS) is 10.7. The molecular weight excluding hydrogens is 318 g/mol. The van der Waals surface area contributed by atoms with Crippen LogP contribution in [0.1, 0.15) is 11.3 Å². The van der Waals surface area contributed by atoms with Crippen LogP contribution in [-0.2, 0) is 6.54 Å². The zero-order valence-corrected chi connectivity index (χ0v) is 13.4. The van der Waals surface area contributed by atoms with Crippen molar-refractivity contribution < 1.29 is 4.74 Å². The molecule has 3 heterocycles. The molecule has 3 aromatic heterocycles. The van der Waals surface area contributed by atoms with Crippen LogP contribution >= 0.6 is 0 Å². The van der Waals surface area contributed by atoms with Gasteiger partial charge in [0.25, 0.3) is 0 Å². The summed E-state index contributed by atoms with van der Waals surface area (Å²) in [4.78, 5) is 12.7. The van der Waals surface area contributed by atoms with Gasteiger partial charge in [0, 0.05) is 12.4 Å². The van der Waals surface area contributed by atoms with E-state index in [0.717, 1.165) is 11.3 Å². The predicted octanol–water partition coefficient (Wildman–Crippen LogP) is 1.94. The maximum absolute atomic E-state index is 9.39. The Morgan fingerprint density at radius 1 is 1.20 bits per heavy atom. The number of nitriles is 1. The Kier molecular flexibility index (Phi) is 3.59. The Balaban J connectivity index is 1.72. The van der Waals surface area contributed by atoms with Crippen molar-refractivity contribution in [1.82, 2.24) is 29.3 Å². The summed E-state index contributed by atoms with van der Waals surface area (Å²) in [6.07, 6.45) is 6.75. The Hall–Kier alpha value is -3.73. The van der Waals surface area contributed by atoms with Crippen LogP contribution in [0.3, 0.4) is 0 Å². The van der Waals surface area contributed by atoms with Crippen molar-refractivity contribution in [3.8, 4) is 17.8 Å². The lowest BCUT2D eigenvalue weighted by Crippen LogP contribution is -2.01. The Morgan fingerprint density at radius 3 is 2.72 bits per heavy atom. The Labute approximate surface area is 143 Å². The topological polar surface area (TPSA) is 94.4 Å². The number of benzene rings is 1. The molecule has 0 unspecified atom stereocenters. The summed E-state index contributed by atoms with van der Waals surface area (Å²) < 4.78 is 8.57. The number of fused-ring (bicyclic) bond motifs is 1. The summed E-state index contributed by atoms with van der Waals surface area (Å²) in [7, 11) is 1.63. The van der Waals surface area contributed by atoms with E-state index in [1.807, 2.05) is 30.5 Å². The number of hydrogen-bond donors (Lipinski definition) is 0. The average molecular weight is 331 g/mol. The Bertz CT molecular complexity index is 1060. The fraction of sp³-hybridized carbons (Fsp3) is 0.118. The quantitative estimate of drug-likeness (QED) is 0.567. The first-order valence-electron chi connectivity index (χ1n) is 7.53.